The van der Waals surface area contributed by atoms with Crippen molar-refractivity contribution in [3.05, 3.63) is 12.0 Å². The maximum absolute atomic E-state index is 12.3. The lowest BCUT2D eigenvalue weighted by Crippen LogP contribution is -2.69. The summed E-state index contributed by atoms with van der Waals surface area (Å²) in [5.41, 5.74) is 0. The second-order valence-electron chi connectivity index (χ2n) is 4.54. The Kier molecular flexibility index (Phi) is 7.08. The molecular formula is C10H4F16O2. The van der Waals surface area contributed by atoms with Crippen LogP contribution in [0.5, 0.6) is 0 Å². The van der Waals surface area contributed by atoms with Crippen molar-refractivity contribution in [2.24, 2.45) is 0 Å². The highest BCUT2D eigenvalue weighted by Crippen LogP contribution is 2.60. The average molecular weight is 460 g/mol. The van der Waals surface area contributed by atoms with Gasteiger partial charge in [-0.3, -0.25) is 0 Å². The van der Waals surface area contributed by atoms with E-state index in [4.69, 9.17) is 0 Å². The predicted molar refractivity (Wildman–Crippen MR) is 53.0 cm³/mol. The summed E-state index contributed by atoms with van der Waals surface area (Å²) < 4.78 is 198. The molecule has 1 fully saturated rings. The monoisotopic (exact) mass is 460 g/mol. The molecule has 0 N–H and O–H groups in total. The van der Waals surface area contributed by atoms with Gasteiger partial charge in [0.15, 0.2) is 0 Å². The summed E-state index contributed by atoms with van der Waals surface area (Å²) in [6.45, 7) is 0.458. The first kappa shape index (κ1) is 26.2. The van der Waals surface area contributed by atoms with Gasteiger partial charge in [-0.1, -0.05) is 0 Å². The van der Waals surface area contributed by atoms with Crippen LogP contribution in [0, 0.1) is 0 Å². The number of rotatable bonds is 3. The quantitative estimate of drug-likeness (QED) is 0.500. The van der Waals surface area contributed by atoms with E-state index in [1.54, 1.807) is 0 Å². The summed E-state index contributed by atoms with van der Waals surface area (Å²) in [5, 5.41) is 0. The molecule has 1 heterocycles. The molecule has 0 spiro atoms. The molecule has 28 heavy (non-hydrogen) atoms. The molecule has 0 atom stereocenters. The minimum absolute atomic E-state index is 0.229. The molecule has 0 aromatic carbocycles. The van der Waals surface area contributed by atoms with E-state index in [1.165, 1.54) is 0 Å². The normalized spacial score (nSPS) is 16.8. The van der Waals surface area contributed by atoms with E-state index in [-0.39, 0.29) is 13.2 Å². The van der Waals surface area contributed by atoms with Crippen LogP contribution in [0.15, 0.2) is 12.0 Å². The van der Waals surface area contributed by atoms with Crippen molar-refractivity contribution in [2.75, 3.05) is 13.2 Å². The zero-order valence-corrected chi connectivity index (χ0v) is 12.3. The van der Waals surface area contributed by atoms with E-state index in [9.17, 15) is 70.2 Å². The van der Waals surface area contributed by atoms with Gasteiger partial charge in [-0.2, -0.15) is 70.2 Å². The number of ether oxygens (including phenoxy) is 2. The highest BCUT2D eigenvalue weighted by Gasteiger charge is 2.91. The third kappa shape index (κ3) is 4.44. The van der Waals surface area contributed by atoms with Crippen molar-refractivity contribution < 1.29 is 79.7 Å². The van der Waals surface area contributed by atoms with Crippen LogP contribution in [0.3, 0.4) is 0 Å². The summed E-state index contributed by atoms with van der Waals surface area (Å²) in [6.07, 6.45) is -16.9. The zero-order valence-electron chi connectivity index (χ0n) is 12.3. The molecule has 0 aromatic rings. The first-order valence-corrected chi connectivity index (χ1v) is 6.01. The minimum atomic E-state index is -8.04. The van der Waals surface area contributed by atoms with Crippen LogP contribution in [-0.4, -0.2) is 49.3 Å². The van der Waals surface area contributed by atoms with Gasteiger partial charge < -0.3 is 9.47 Å². The van der Waals surface area contributed by atoms with E-state index in [0.717, 1.165) is 0 Å². The molecule has 0 aliphatic carbocycles. The van der Waals surface area contributed by atoms with Crippen molar-refractivity contribution >= 4 is 0 Å². The molecule has 1 aliphatic heterocycles. The summed E-state index contributed by atoms with van der Waals surface area (Å²) in [4.78, 5) is 0. The molecule has 1 rings (SSSR count). The Morgan fingerprint density at radius 2 is 0.750 bits per heavy atom. The van der Waals surface area contributed by atoms with Crippen molar-refractivity contribution in [3.8, 4) is 0 Å². The van der Waals surface area contributed by atoms with Crippen molar-refractivity contribution in [1.82, 2.24) is 0 Å². The summed E-state index contributed by atoms with van der Waals surface area (Å²) in [6, 6.07) is 0. The summed E-state index contributed by atoms with van der Waals surface area (Å²) in [5.74, 6) is -32.4. The van der Waals surface area contributed by atoms with Crippen LogP contribution in [0.4, 0.5) is 70.2 Å². The fourth-order valence-electron chi connectivity index (χ4n) is 1.17. The molecule has 0 bridgehead atoms. The predicted octanol–water partition coefficient (Wildman–Crippen LogP) is 5.75. The Balaban J connectivity index is 0.000000749. The molecule has 2 nitrogen and oxygen atoms in total. The van der Waals surface area contributed by atoms with Gasteiger partial charge in [0.25, 0.3) is 0 Å². The lowest BCUT2D eigenvalue weighted by atomic mass is 9.98. The Bertz CT molecular complexity index is 523. The molecule has 0 aromatic heterocycles. The molecule has 0 radical (unpaired) electrons. The van der Waals surface area contributed by atoms with Gasteiger partial charge in [-0.15, -0.1) is 0 Å². The van der Waals surface area contributed by atoms with E-state index in [2.05, 4.69) is 9.47 Å². The second-order valence-corrected chi connectivity index (χ2v) is 4.54. The van der Waals surface area contributed by atoms with Gasteiger partial charge >= 0.3 is 48.1 Å². The molecular weight excluding hydrogens is 456 g/mol. The topological polar surface area (TPSA) is 18.5 Å². The Labute approximate surface area is 142 Å². The molecule has 0 unspecified atom stereocenters. The molecule has 0 amide bonds. The summed E-state index contributed by atoms with van der Waals surface area (Å²) in [7, 11) is 0. The Morgan fingerprint density at radius 1 is 0.500 bits per heavy atom. The maximum Gasteiger partial charge on any atom is 0.460 e. The van der Waals surface area contributed by atoms with E-state index in [0.29, 0.717) is 0 Å². The fraction of sp³-hybridized carbons (Fsp3) is 0.800. The Hall–Kier alpha value is -1.78. The van der Waals surface area contributed by atoms with Gasteiger partial charge in [0.05, 0.1) is 0 Å². The van der Waals surface area contributed by atoms with Crippen LogP contribution >= 0.6 is 0 Å². The van der Waals surface area contributed by atoms with E-state index >= 15 is 0 Å². The van der Waals surface area contributed by atoms with E-state index < -0.39 is 48.1 Å². The largest absolute Gasteiger partial charge is 0.460 e. The molecule has 18 heteroatoms. The van der Waals surface area contributed by atoms with E-state index in [1.807, 2.05) is 0 Å². The first-order valence-electron chi connectivity index (χ1n) is 6.01. The number of halogens is 16. The molecule has 0 saturated carbocycles. The summed E-state index contributed by atoms with van der Waals surface area (Å²) >= 11 is 0. The maximum atomic E-state index is 12.3. The van der Waals surface area contributed by atoms with Crippen molar-refractivity contribution in [3.63, 3.8) is 0 Å². The van der Waals surface area contributed by atoms with Gasteiger partial charge in [-0.25, -0.2) is 0 Å². The standard InChI is InChI=1S/C6F14.C4H4F2O2/c7-1(8,3(11,12)5(15,16)17)2(9,10)4(13,14)6(18,19)20;5-3(6)4-7-1-2-8-4/h;1-2H2. The first-order chi connectivity index (χ1) is 12.1. The van der Waals surface area contributed by atoms with Crippen LogP contribution in [0.25, 0.3) is 0 Å². The third-order valence-electron chi connectivity index (χ3n) is 2.60. The SMILES string of the molecule is FC(F)(F)C(F)(F)C(F)(F)C(F)(F)C(F)(F)C(F)(F)F.FC(F)=C1OCCO1. The number of hydrogen-bond acceptors (Lipinski definition) is 2. The number of alkyl halides is 14. The van der Waals surface area contributed by atoms with Crippen molar-refractivity contribution in [1.29, 1.82) is 0 Å². The second kappa shape index (κ2) is 7.57. The van der Waals surface area contributed by atoms with Crippen LogP contribution in [0.2, 0.25) is 0 Å². The number of hydrogen-bond donors (Lipinski definition) is 0. The van der Waals surface area contributed by atoms with Crippen LogP contribution in [-0.2, 0) is 9.47 Å². The van der Waals surface area contributed by atoms with Crippen LogP contribution in [0.1, 0.15) is 0 Å². The zero-order chi connectivity index (χ0) is 23.0. The smallest absolute Gasteiger partial charge is 0.458 e. The minimum Gasteiger partial charge on any atom is -0.458 e. The molecule has 168 valence electrons. The fourth-order valence-corrected chi connectivity index (χ4v) is 1.17. The molecule has 1 aliphatic rings. The lowest BCUT2D eigenvalue weighted by molar-refractivity contribution is -0.451. The third-order valence-corrected chi connectivity index (χ3v) is 2.60. The van der Waals surface area contributed by atoms with Crippen molar-refractivity contribution in [2.45, 2.75) is 36.0 Å². The highest BCUT2D eigenvalue weighted by molar-refractivity contribution is 5.08. The van der Waals surface area contributed by atoms with Gasteiger partial charge in [0, 0.05) is 0 Å². The lowest BCUT2D eigenvalue weighted by Gasteiger charge is -2.37. The van der Waals surface area contributed by atoms with Gasteiger partial charge in [0.2, 0.25) is 0 Å². The van der Waals surface area contributed by atoms with Gasteiger partial charge in [0.1, 0.15) is 13.2 Å². The van der Waals surface area contributed by atoms with Gasteiger partial charge in [-0.05, 0) is 0 Å². The average Bonchev–Trinajstić information content (AvgIpc) is 2.99. The van der Waals surface area contributed by atoms with Crippen LogP contribution < -0.4 is 0 Å². The highest BCUT2D eigenvalue weighted by atomic mass is 19.4. The Morgan fingerprint density at radius 3 is 0.893 bits per heavy atom. The molecule has 1 saturated heterocycles.